The van der Waals surface area contributed by atoms with E-state index in [2.05, 4.69) is 5.32 Å². The number of nitrogens with one attached hydrogen (secondary N) is 1. The maximum Gasteiger partial charge on any atom is 0.243 e. The van der Waals surface area contributed by atoms with Crippen LogP contribution in [0.2, 0.25) is 5.02 Å². The zero-order chi connectivity index (χ0) is 14.1. The molecule has 20 heavy (non-hydrogen) atoms. The maximum atomic E-state index is 11.8. The largest absolute Gasteiger partial charge is 0.398 e. The molecule has 0 aliphatic carbocycles. The molecule has 0 aromatic heterocycles. The molecule has 0 saturated carbocycles. The highest BCUT2D eigenvalue weighted by Gasteiger charge is 2.21. The molecule has 4 nitrogen and oxygen atoms in total. The summed E-state index contributed by atoms with van der Waals surface area (Å²) in [6.07, 6.45) is 0. The van der Waals surface area contributed by atoms with E-state index in [-0.39, 0.29) is 5.91 Å². The highest BCUT2D eigenvalue weighted by molar-refractivity contribution is 6.30. The molecule has 0 spiro atoms. The smallest absolute Gasteiger partial charge is 0.243 e. The fourth-order valence-electron chi connectivity index (χ4n) is 2.36. The molecule has 1 aliphatic rings. The fourth-order valence-corrected chi connectivity index (χ4v) is 2.54. The van der Waals surface area contributed by atoms with Gasteiger partial charge in [-0.3, -0.25) is 4.79 Å². The van der Waals surface area contributed by atoms with E-state index < -0.39 is 0 Å². The molecule has 1 aliphatic heterocycles. The van der Waals surface area contributed by atoms with Gasteiger partial charge in [0.25, 0.3) is 0 Å². The number of nitrogen functional groups attached to an aromatic ring is 1. The quantitative estimate of drug-likeness (QED) is 0.835. The number of carbonyl (C=O) groups is 1. The van der Waals surface area contributed by atoms with Crippen LogP contribution in [0.1, 0.15) is 5.56 Å². The zero-order valence-electron chi connectivity index (χ0n) is 10.8. The van der Waals surface area contributed by atoms with Gasteiger partial charge in [0.1, 0.15) is 0 Å². The first-order valence-corrected chi connectivity index (χ1v) is 6.69. The van der Waals surface area contributed by atoms with Gasteiger partial charge in [0.15, 0.2) is 0 Å². The van der Waals surface area contributed by atoms with E-state index in [1.807, 2.05) is 41.3 Å². The predicted octanol–water partition coefficient (Wildman–Crippen LogP) is 2.88. The maximum absolute atomic E-state index is 11.8. The van der Waals surface area contributed by atoms with Crippen LogP contribution < -0.4 is 16.0 Å². The molecule has 0 bridgehead atoms. The van der Waals surface area contributed by atoms with E-state index in [1.54, 1.807) is 6.07 Å². The number of nitrogens with zero attached hydrogens (tertiary/aromatic N) is 1. The molecule has 0 fully saturated rings. The van der Waals surface area contributed by atoms with Gasteiger partial charge in [-0.15, -0.1) is 0 Å². The summed E-state index contributed by atoms with van der Waals surface area (Å²) >= 11 is 5.91. The Balaban J connectivity index is 1.93. The Labute approximate surface area is 122 Å². The van der Waals surface area contributed by atoms with Gasteiger partial charge in [-0.1, -0.05) is 29.8 Å². The van der Waals surface area contributed by atoms with Gasteiger partial charge in [0.05, 0.1) is 17.9 Å². The number of hydrogen-bond donors (Lipinski definition) is 2. The van der Waals surface area contributed by atoms with Crippen molar-refractivity contribution in [2.24, 2.45) is 0 Å². The summed E-state index contributed by atoms with van der Waals surface area (Å²) in [4.78, 5) is 13.8. The van der Waals surface area contributed by atoms with Crippen molar-refractivity contribution < 1.29 is 4.79 Å². The van der Waals surface area contributed by atoms with Crippen LogP contribution in [0, 0.1) is 0 Å². The predicted molar refractivity (Wildman–Crippen MR) is 82.0 cm³/mol. The van der Waals surface area contributed by atoms with E-state index in [0.717, 1.165) is 16.9 Å². The lowest BCUT2D eigenvalue weighted by Gasteiger charge is -2.31. The summed E-state index contributed by atoms with van der Waals surface area (Å²) in [5.74, 6) is -0.0174. The summed E-state index contributed by atoms with van der Waals surface area (Å²) in [6.45, 7) is 0.895. The van der Waals surface area contributed by atoms with Gasteiger partial charge in [-0.05, 0) is 29.8 Å². The lowest BCUT2D eigenvalue weighted by Crippen LogP contribution is -2.37. The number of hydrogen-bond acceptors (Lipinski definition) is 3. The van der Waals surface area contributed by atoms with Gasteiger partial charge in [-0.2, -0.15) is 0 Å². The lowest BCUT2D eigenvalue weighted by atomic mass is 10.1. The van der Waals surface area contributed by atoms with Crippen molar-refractivity contribution >= 4 is 34.6 Å². The third kappa shape index (κ3) is 2.42. The van der Waals surface area contributed by atoms with Crippen molar-refractivity contribution in [1.29, 1.82) is 0 Å². The summed E-state index contributed by atoms with van der Waals surface area (Å²) in [7, 11) is 0. The van der Waals surface area contributed by atoms with Gasteiger partial charge in [0.2, 0.25) is 5.91 Å². The van der Waals surface area contributed by atoms with Crippen LogP contribution in [-0.2, 0) is 11.3 Å². The molecule has 5 heteroatoms. The van der Waals surface area contributed by atoms with Crippen molar-refractivity contribution in [2.75, 3.05) is 22.5 Å². The second-order valence-corrected chi connectivity index (χ2v) is 5.20. The monoisotopic (exact) mass is 287 g/mol. The Bertz CT molecular complexity index is 672. The number of carbonyl (C=O) groups excluding carboxylic acids is 1. The number of anilines is 3. The first-order valence-electron chi connectivity index (χ1n) is 6.31. The zero-order valence-corrected chi connectivity index (χ0v) is 11.5. The minimum atomic E-state index is -0.0174. The minimum Gasteiger partial charge on any atom is -0.398 e. The van der Waals surface area contributed by atoms with E-state index in [1.165, 1.54) is 0 Å². The number of halogens is 1. The average molecular weight is 288 g/mol. The Morgan fingerprint density at radius 1 is 1.25 bits per heavy atom. The molecule has 2 aromatic rings. The van der Waals surface area contributed by atoms with Crippen LogP contribution >= 0.6 is 11.6 Å². The Morgan fingerprint density at radius 2 is 2.05 bits per heavy atom. The highest BCUT2D eigenvalue weighted by atomic mass is 35.5. The molecule has 0 radical (unpaired) electrons. The molecule has 1 heterocycles. The molecule has 0 atom stereocenters. The number of nitrogens with two attached hydrogens (primary N) is 1. The third-order valence-electron chi connectivity index (χ3n) is 3.32. The van der Waals surface area contributed by atoms with Crippen LogP contribution in [0.5, 0.6) is 0 Å². The van der Waals surface area contributed by atoms with Crippen molar-refractivity contribution in [1.82, 2.24) is 0 Å². The summed E-state index contributed by atoms with van der Waals surface area (Å²) in [5, 5.41) is 3.48. The Kier molecular flexibility index (Phi) is 3.24. The highest BCUT2D eigenvalue weighted by Crippen LogP contribution is 2.31. The van der Waals surface area contributed by atoms with Gasteiger partial charge in [0, 0.05) is 17.3 Å². The number of rotatable bonds is 2. The van der Waals surface area contributed by atoms with Gasteiger partial charge < -0.3 is 16.0 Å². The topological polar surface area (TPSA) is 58.4 Å². The van der Waals surface area contributed by atoms with Crippen molar-refractivity contribution in [2.45, 2.75) is 6.54 Å². The second kappa shape index (κ2) is 5.06. The molecule has 1 amide bonds. The average Bonchev–Trinajstić information content (AvgIpc) is 2.41. The summed E-state index contributed by atoms with van der Waals surface area (Å²) in [6, 6.07) is 13.2. The Hall–Kier alpha value is -2.20. The van der Waals surface area contributed by atoms with Crippen LogP contribution in [0.25, 0.3) is 0 Å². The normalized spacial score (nSPS) is 13.8. The first kappa shape index (κ1) is 12.8. The van der Waals surface area contributed by atoms with Crippen molar-refractivity contribution in [3.05, 3.63) is 53.1 Å². The van der Waals surface area contributed by atoms with Crippen LogP contribution in [-0.4, -0.2) is 12.5 Å². The standard InChI is InChI=1S/C15H14ClN3O/c16-11-6-5-10(12(17)7-11)8-19-9-15(20)18-13-3-1-2-4-14(13)19/h1-7H,8-9,17H2,(H,18,20). The second-order valence-electron chi connectivity index (χ2n) is 4.76. The van der Waals surface area contributed by atoms with E-state index >= 15 is 0 Å². The molecule has 2 aromatic carbocycles. The number of fused-ring (bicyclic) bond motifs is 1. The van der Waals surface area contributed by atoms with Gasteiger partial charge >= 0.3 is 0 Å². The van der Waals surface area contributed by atoms with Gasteiger partial charge in [-0.25, -0.2) is 0 Å². The first-order chi connectivity index (χ1) is 9.63. The van der Waals surface area contributed by atoms with Crippen LogP contribution in [0.3, 0.4) is 0 Å². The fraction of sp³-hybridized carbons (Fsp3) is 0.133. The molecule has 3 rings (SSSR count). The minimum absolute atomic E-state index is 0.0174. The molecule has 0 saturated heterocycles. The molecule has 0 unspecified atom stereocenters. The number of para-hydroxylation sites is 2. The van der Waals surface area contributed by atoms with E-state index in [9.17, 15) is 4.79 Å². The molecule has 102 valence electrons. The number of amides is 1. The molecular weight excluding hydrogens is 274 g/mol. The van der Waals surface area contributed by atoms with E-state index in [0.29, 0.717) is 23.8 Å². The van der Waals surface area contributed by atoms with Crippen molar-refractivity contribution in [3.8, 4) is 0 Å². The Morgan fingerprint density at radius 3 is 2.85 bits per heavy atom. The third-order valence-corrected chi connectivity index (χ3v) is 3.56. The SMILES string of the molecule is Nc1cc(Cl)ccc1CN1CC(=O)Nc2ccccc21. The summed E-state index contributed by atoms with van der Waals surface area (Å²) < 4.78 is 0. The lowest BCUT2D eigenvalue weighted by molar-refractivity contribution is -0.115. The summed E-state index contributed by atoms with van der Waals surface area (Å²) in [5.41, 5.74) is 9.41. The molecule has 3 N–H and O–H groups in total. The van der Waals surface area contributed by atoms with Crippen LogP contribution in [0.15, 0.2) is 42.5 Å². The van der Waals surface area contributed by atoms with E-state index in [4.69, 9.17) is 17.3 Å². The molecular formula is C15H14ClN3O. The van der Waals surface area contributed by atoms with Crippen molar-refractivity contribution in [3.63, 3.8) is 0 Å². The van der Waals surface area contributed by atoms with Crippen LogP contribution in [0.4, 0.5) is 17.1 Å². The number of benzene rings is 2.